The Bertz CT molecular complexity index is 974. The summed E-state index contributed by atoms with van der Waals surface area (Å²) >= 11 is 3.51. The maximum absolute atomic E-state index is 12.4. The van der Waals surface area contributed by atoms with E-state index in [1.165, 1.54) is 0 Å². The number of aromatic amines is 1. The summed E-state index contributed by atoms with van der Waals surface area (Å²) in [6.45, 7) is 1.98. The summed E-state index contributed by atoms with van der Waals surface area (Å²) in [5, 5.41) is 2.95. The summed E-state index contributed by atoms with van der Waals surface area (Å²) in [5.74, 6) is -0.0903. The van der Waals surface area contributed by atoms with Gasteiger partial charge in [-0.15, -0.1) is 0 Å². The van der Waals surface area contributed by atoms with Gasteiger partial charge in [0.1, 0.15) is 0 Å². The highest BCUT2D eigenvalue weighted by molar-refractivity contribution is 9.10. The van der Waals surface area contributed by atoms with E-state index >= 15 is 0 Å². The molecule has 1 amide bonds. The van der Waals surface area contributed by atoms with Crippen molar-refractivity contribution in [1.82, 2.24) is 9.97 Å². The summed E-state index contributed by atoms with van der Waals surface area (Å²) in [6, 6.07) is 11.9. The smallest absolute Gasteiger partial charge is 0.256 e. The lowest BCUT2D eigenvalue weighted by Crippen LogP contribution is -2.03. The van der Waals surface area contributed by atoms with Crippen molar-refractivity contribution in [3.8, 4) is 11.1 Å². The van der Waals surface area contributed by atoms with E-state index in [4.69, 9.17) is 0 Å². The van der Waals surface area contributed by atoms with Gasteiger partial charge >= 0.3 is 0 Å². The molecule has 24 heavy (non-hydrogen) atoms. The molecule has 4 nitrogen and oxygen atoms in total. The summed E-state index contributed by atoms with van der Waals surface area (Å²) in [7, 11) is 0. The van der Waals surface area contributed by atoms with Gasteiger partial charge in [0.25, 0.3) is 5.91 Å². The van der Waals surface area contributed by atoms with E-state index in [0.717, 1.165) is 38.2 Å². The average molecular weight is 380 g/mol. The van der Waals surface area contributed by atoms with Crippen LogP contribution in [-0.2, 0) is 4.79 Å². The number of fused-ring (bicyclic) bond motifs is 1. The normalized spacial score (nSPS) is 14.8. The van der Waals surface area contributed by atoms with Crippen molar-refractivity contribution in [2.24, 2.45) is 0 Å². The van der Waals surface area contributed by atoms with Crippen molar-refractivity contribution in [2.75, 3.05) is 5.32 Å². The molecule has 2 aromatic heterocycles. The predicted molar refractivity (Wildman–Crippen MR) is 99.4 cm³/mol. The molecule has 0 bridgehead atoms. The van der Waals surface area contributed by atoms with Crippen LogP contribution in [0.4, 0.5) is 5.69 Å². The second-order valence-electron chi connectivity index (χ2n) is 5.73. The molecular weight excluding hydrogens is 366 g/mol. The Labute approximate surface area is 147 Å². The summed E-state index contributed by atoms with van der Waals surface area (Å²) < 4.78 is 0.945. The fraction of sp³-hybridized carbons (Fsp3) is 0.0526. The third kappa shape index (κ3) is 2.57. The molecule has 0 fully saturated rings. The number of H-pyrrole nitrogens is 1. The molecule has 1 aliphatic rings. The highest BCUT2D eigenvalue weighted by Crippen LogP contribution is 2.36. The van der Waals surface area contributed by atoms with E-state index in [0.29, 0.717) is 5.57 Å². The van der Waals surface area contributed by atoms with Crippen molar-refractivity contribution in [1.29, 1.82) is 0 Å². The van der Waals surface area contributed by atoms with Crippen LogP contribution in [0.2, 0.25) is 0 Å². The molecule has 118 valence electrons. The Balaban J connectivity index is 1.77. The summed E-state index contributed by atoms with van der Waals surface area (Å²) in [6.07, 6.45) is 5.44. The van der Waals surface area contributed by atoms with Crippen molar-refractivity contribution >= 4 is 39.2 Å². The fourth-order valence-corrected chi connectivity index (χ4v) is 3.43. The first kappa shape index (κ1) is 14.9. The van der Waals surface area contributed by atoms with Gasteiger partial charge in [0.2, 0.25) is 0 Å². The first-order valence-corrected chi connectivity index (χ1v) is 8.34. The number of carbonyl (C=O) groups excluding carboxylic acids is 1. The van der Waals surface area contributed by atoms with Crippen molar-refractivity contribution in [3.63, 3.8) is 0 Å². The molecule has 0 saturated heterocycles. The molecule has 2 N–H and O–H groups in total. The monoisotopic (exact) mass is 379 g/mol. The number of carbonyl (C=O) groups is 1. The molecule has 0 unspecified atom stereocenters. The van der Waals surface area contributed by atoms with Gasteiger partial charge in [0, 0.05) is 39.4 Å². The van der Waals surface area contributed by atoms with E-state index in [9.17, 15) is 4.79 Å². The molecule has 4 rings (SSSR count). The second-order valence-corrected chi connectivity index (χ2v) is 6.58. The van der Waals surface area contributed by atoms with Gasteiger partial charge in [0.05, 0.1) is 11.3 Å². The minimum Gasteiger partial charge on any atom is -0.358 e. The standard InChI is InChI=1S/C19H14BrN3O/c1-11-7-16(20)18(22-11)9-15-14-5-4-12(8-17(14)23-19(15)24)13-3-2-6-21-10-13/h2-10,22H,1H3,(H,23,24)/b15-9-. The molecule has 0 aliphatic carbocycles. The number of rotatable bonds is 2. The Hall–Kier alpha value is -2.66. The van der Waals surface area contributed by atoms with E-state index < -0.39 is 0 Å². The van der Waals surface area contributed by atoms with Gasteiger partial charge in [0.15, 0.2) is 0 Å². The first-order valence-electron chi connectivity index (χ1n) is 7.55. The quantitative estimate of drug-likeness (QED) is 0.637. The molecule has 1 aliphatic heterocycles. The molecule has 0 spiro atoms. The Morgan fingerprint density at radius 2 is 2.04 bits per heavy atom. The van der Waals surface area contributed by atoms with Crippen LogP contribution in [0.15, 0.2) is 53.3 Å². The molecule has 0 saturated carbocycles. The fourth-order valence-electron chi connectivity index (χ4n) is 2.88. The second kappa shape index (κ2) is 5.76. The Kier molecular flexibility index (Phi) is 3.58. The number of nitrogens with one attached hydrogen (secondary N) is 2. The predicted octanol–water partition coefficient (Wildman–Crippen LogP) is 4.64. The Morgan fingerprint density at radius 3 is 2.75 bits per heavy atom. The van der Waals surface area contributed by atoms with Crippen LogP contribution in [0.1, 0.15) is 17.0 Å². The summed E-state index contributed by atoms with van der Waals surface area (Å²) in [4.78, 5) is 19.8. The molecule has 3 heterocycles. The van der Waals surface area contributed by atoms with E-state index in [-0.39, 0.29) is 5.91 Å². The van der Waals surface area contributed by atoms with Crippen LogP contribution < -0.4 is 5.32 Å². The number of amides is 1. The van der Waals surface area contributed by atoms with Crippen LogP contribution in [0.3, 0.4) is 0 Å². The van der Waals surface area contributed by atoms with Gasteiger partial charge in [-0.25, -0.2) is 0 Å². The number of hydrogen-bond donors (Lipinski definition) is 2. The first-order chi connectivity index (χ1) is 11.6. The van der Waals surface area contributed by atoms with E-state index in [1.807, 2.05) is 55.6 Å². The van der Waals surface area contributed by atoms with E-state index in [1.54, 1.807) is 6.20 Å². The van der Waals surface area contributed by atoms with E-state index in [2.05, 4.69) is 31.2 Å². The zero-order valence-electron chi connectivity index (χ0n) is 12.9. The topological polar surface area (TPSA) is 57.8 Å². The molecule has 0 radical (unpaired) electrons. The number of hydrogen-bond acceptors (Lipinski definition) is 2. The minimum absolute atomic E-state index is 0.0903. The zero-order chi connectivity index (χ0) is 16.7. The van der Waals surface area contributed by atoms with Gasteiger partial charge in [-0.1, -0.05) is 18.2 Å². The molecule has 5 heteroatoms. The van der Waals surface area contributed by atoms with Crippen LogP contribution >= 0.6 is 15.9 Å². The van der Waals surface area contributed by atoms with Gasteiger partial charge in [-0.2, -0.15) is 0 Å². The zero-order valence-corrected chi connectivity index (χ0v) is 14.5. The largest absolute Gasteiger partial charge is 0.358 e. The van der Waals surface area contributed by atoms with Gasteiger partial charge in [-0.3, -0.25) is 9.78 Å². The number of aryl methyl sites for hydroxylation is 1. The highest BCUT2D eigenvalue weighted by Gasteiger charge is 2.25. The highest BCUT2D eigenvalue weighted by atomic mass is 79.9. The number of aromatic nitrogens is 2. The molecule has 3 aromatic rings. The van der Waals surface area contributed by atoms with Gasteiger partial charge in [-0.05, 0) is 52.7 Å². The lowest BCUT2D eigenvalue weighted by molar-refractivity contribution is -0.110. The van der Waals surface area contributed by atoms with Crippen LogP contribution in [0, 0.1) is 6.92 Å². The lowest BCUT2D eigenvalue weighted by Gasteiger charge is -2.04. The van der Waals surface area contributed by atoms with Crippen molar-refractivity contribution in [3.05, 3.63) is 70.2 Å². The minimum atomic E-state index is -0.0903. The van der Waals surface area contributed by atoms with Gasteiger partial charge < -0.3 is 10.3 Å². The number of anilines is 1. The maximum Gasteiger partial charge on any atom is 0.256 e. The SMILES string of the molecule is Cc1cc(Br)c(/C=C2\C(=O)Nc3cc(-c4cccnc4)ccc32)[nH]1. The maximum atomic E-state index is 12.4. The molecule has 0 atom stereocenters. The van der Waals surface area contributed by atoms with Crippen LogP contribution in [0.25, 0.3) is 22.8 Å². The summed E-state index contributed by atoms with van der Waals surface area (Å²) in [5.41, 5.74) is 6.38. The van der Waals surface area contributed by atoms with Crippen molar-refractivity contribution < 1.29 is 4.79 Å². The third-order valence-electron chi connectivity index (χ3n) is 4.02. The molecular formula is C19H14BrN3O. The lowest BCUT2D eigenvalue weighted by atomic mass is 10.0. The molecule has 1 aromatic carbocycles. The Morgan fingerprint density at radius 1 is 1.17 bits per heavy atom. The van der Waals surface area contributed by atoms with Crippen LogP contribution in [0.5, 0.6) is 0 Å². The number of halogens is 1. The third-order valence-corrected chi connectivity index (χ3v) is 4.67. The number of nitrogens with zero attached hydrogens (tertiary/aromatic N) is 1. The van der Waals surface area contributed by atoms with Crippen LogP contribution in [-0.4, -0.2) is 15.9 Å². The number of pyridine rings is 1. The van der Waals surface area contributed by atoms with Crippen molar-refractivity contribution in [2.45, 2.75) is 6.92 Å². The number of benzene rings is 1. The average Bonchev–Trinajstić information content (AvgIpc) is 3.07.